The summed E-state index contributed by atoms with van der Waals surface area (Å²) in [5.41, 5.74) is 2.57. The lowest BCUT2D eigenvalue weighted by Crippen LogP contribution is -2.20. The lowest BCUT2D eigenvalue weighted by molar-refractivity contribution is 0.128. The van der Waals surface area contributed by atoms with Crippen molar-refractivity contribution in [2.24, 2.45) is 11.8 Å². The fourth-order valence-corrected chi connectivity index (χ4v) is 3.32. The van der Waals surface area contributed by atoms with Crippen LogP contribution in [0.5, 0.6) is 0 Å². The van der Waals surface area contributed by atoms with Crippen LogP contribution in [0, 0.1) is 5.92 Å². The van der Waals surface area contributed by atoms with Gasteiger partial charge in [0.1, 0.15) is 18.2 Å². The van der Waals surface area contributed by atoms with E-state index in [2.05, 4.69) is 20.7 Å². The Morgan fingerprint density at radius 3 is 2.80 bits per heavy atom. The van der Waals surface area contributed by atoms with E-state index in [0.29, 0.717) is 24.9 Å². The van der Waals surface area contributed by atoms with Crippen molar-refractivity contribution in [1.29, 1.82) is 0 Å². The van der Waals surface area contributed by atoms with Gasteiger partial charge < -0.3 is 15.5 Å². The van der Waals surface area contributed by atoms with E-state index in [-0.39, 0.29) is 0 Å². The molecular weight excluding hydrogens is 274 g/mol. The number of anilines is 2. The topological polar surface area (TPSA) is 85.1 Å². The second-order valence-electron chi connectivity index (χ2n) is 4.77. The molecule has 7 heteroatoms. The van der Waals surface area contributed by atoms with Crippen LogP contribution in [0.3, 0.4) is 0 Å². The van der Waals surface area contributed by atoms with Gasteiger partial charge in [0.2, 0.25) is 0 Å². The maximum atomic E-state index is 5.44. The minimum Gasteiger partial charge on any atom is -0.374 e. The molecule has 2 rings (SSSR count). The second kappa shape index (κ2) is 8.28. The molecule has 0 atom stereocenters. The summed E-state index contributed by atoms with van der Waals surface area (Å²) in [4.78, 5) is 8.72. The molecule has 1 aromatic heterocycles. The highest BCUT2D eigenvalue weighted by molar-refractivity contribution is 7.99. The van der Waals surface area contributed by atoms with Crippen LogP contribution in [0.4, 0.5) is 11.6 Å². The van der Waals surface area contributed by atoms with Gasteiger partial charge in [-0.25, -0.2) is 15.8 Å². The molecule has 0 aromatic carbocycles. The van der Waals surface area contributed by atoms with Crippen molar-refractivity contribution in [2.75, 3.05) is 35.4 Å². The van der Waals surface area contributed by atoms with Crippen molar-refractivity contribution in [2.45, 2.75) is 26.4 Å². The van der Waals surface area contributed by atoms with Crippen LogP contribution >= 0.6 is 11.8 Å². The van der Waals surface area contributed by atoms with E-state index in [9.17, 15) is 0 Å². The molecular formula is C13H23N5OS. The molecule has 1 saturated heterocycles. The summed E-state index contributed by atoms with van der Waals surface area (Å²) in [5, 5.41) is 3.39. The van der Waals surface area contributed by atoms with Crippen molar-refractivity contribution in [3.8, 4) is 0 Å². The summed E-state index contributed by atoms with van der Waals surface area (Å²) in [7, 11) is 0. The quantitative estimate of drug-likeness (QED) is 0.523. The smallest absolute Gasteiger partial charge is 0.158 e. The monoisotopic (exact) mass is 297 g/mol. The normalized spacial score (nSPS) is 16.1. The summed E-state index contributed by atoms with van der Waals surface area (Å²) >= 11 is 2.04. The summed E-state index contributed by atoms with van der Waals surface area (Å²) in [6.07, 6.45) is 2.55. The number of hydrogen-bond acceptors (Lipinski definition) is 7. The molecule has 0 amide bonds. The van der Waals surface area contributed by atoms with Gasteiger partial charge >= 0.3 is 0 Å². The van der Waals surface area contributed by atoms with Gasteiger partial charge in [-0.2, -0.15) is 11.8 Å². The average Bonchev–Trinajstić information content (AvgIpc) is 2.51. The zero-order valence-electron chi connectivity index (χ0n) is 11.9. The van der Waals surface area contributed by atoms with Crippen molar-refractivity contribution in [3.05, 3.63) is 11.9 Å². The van der Waals surface area contributed by atoms with E-state index in [1.807, 2.05) is 24.8 Å². The average molecular weight is 297 g/mol. The van der Waals surface area contributed by atoms with E-state index in [0.717, 1.165) is 18.3 Å². The number of ether oxygens (including phenoxy) is 1. The first-order valence-electron chi connectivity index (χ1n) is 7.05. The first kappa shape index (κ1) is 15.3. The number of hydrogen-bond donors (Lipinski definition) is 3. The molecule has 1 aliphatic heterocycles. The second-order valence-corrected chi connectivity index (χ2v) is 6.00. The number of nitrogens with one attached hydrogen (secondary N) is 2. The maximum absolute atomic E-state index is 5.44. The van der Waals surface area contributed by atoms with Crippen LogP contribution in [0.15, 0.2) is 6.07 Å². The molecule has 112 valence electrons. The van der Waals surface area contributed by atoms with Crippen molar-refractivity contribution >= 4 is 23.4 Å². The Morgan fingerprint density at radius 1 is 1.35 bits per heavy atom. The Hall–Kier alpha value is -1.05. The van der Waals surface area contributed by atoms with E-state index in [1.165, 1.54) is 24.3 Å². The Morgan fingerprint density at radius 2 is 2.10 bits per heavy atom. The van der Waals surface area contributed by atoms with E-state index in [4.69, 9.17) is 10.6 Å². The molecule has 0 saturated carbocycles. The largest absolute Gasteiger partial charge is 0.374 e. The number of rotatable bonds is 7. The molecule has 1 aromatic rings. The van der Waals surface area contributed by atoms with Gasteiger partial charge in [0.25, 0.3) is 0 Å². The fourth-order valence-electron chi connectivity index (χ4n) is 2.12. The molecule has 0 bridgehead atoms. The third kappa shape index (κ3) is 4.81. The third-order valence-electron chi connectivity index (χ3n) is 3.27. The first-order chi connectivity index (χ1) is 9.81. The summed E-state index contributed by atoms with van der Waals surface area (Å²) in [5.74, 6) is 10.8. The number of aromatic nitrogens is 2. The van der Waals surface area contributed by atoms with Gasteiger partial charge in [-0.3, -0.25) is 0 Å². The Kier molecular flexibility index (Phi) is 6.35. The van der Waals surface area contributed by atoms with Gasteiger partial charge in [0.15, 0.2) is 5.82 Å². The zero-order chi connectivity index (χ0) is 14.2. The maximum Gasteiger partial charge on any atom is 0.158 e. The van der Waals surface area contributed by atoms with Gasteiger partial charge in [0, 0.05) is 19.2 Å². The molecule has 1 aliphatic rings. The Balaban J connectivity index is 1.94. The predicted octanol–water partition coefficient (Wildman–Crippen LogP) is 1.85. The number of nitrogens with two attached hydrogens (primary N) is 1. The first-order valence-corrected chi connectivity index (χ1v) is 8.21. The molecule has 1 fully saturated rings. The Bertz CT molecular complexity index is 412. The van der Waals surface area contributed by atoms with E-state index in [1.54, 1.807) is 0 Å². The molecule has 4 N–H and O–H groups in total. The fraction of sp³-hybridized carbons (Fsp3) is 0.692. The molecule has 0 spiro atoms. The highest BCUT2D eigenvalue weighted by atomic mass is 32.2. The van der Waals surface area contributed by atoms with Crippen LogP contribution in [0.25, 0.3) is 0 Å². The van der Waals surface area contributed by atoms with Crippen LogP contribution in [-0.4, -0.2) is 34.6 Å². The molecule has 0 unspecified atom stereocenters. The standard InChI is InChI=1S/C13H23N5OS/c1-2-19-9-13-16-11(7-12(17-13)18-14)15-8-10-3-5-20-6-4-10/h7,10H,2-6,8-9,14H2,1H3,(H2,15,16,17,18). The molecule has 20 heavy (non-hydrogen) atoms. The van der Waals surface area contributed by atoms with Crippen molar-refractivity contribution < 1.29 is 4.74 Å². The summed E-state index contributed by atoms with van der Waals surface area (Å²) in [6, 6.07) is 1.83. The third-order valence-corrected chi connectivity index (χ3v) is 4.32. The minimum absolute atomic E-state index is 0.404. The molecule has 0 radical (unpaired) electrons. The number of nitrogen functional groups attached to an aromatic ring is 1. The van der Waals surface area contributed by atoms with Gasteiger partial charge in [-0.1, -0.05) is 0 Å². The van der Waals surface area contributed by atoms with Crippen LogP contribution in [0.2, 0.25) is 0 Å². The highest BCUT2D eigenvalue weighted by Gasteiger charge is 2.14. The van der Waals surface area contributed by atoms with Gasteiger partial charge in [-0.15, -0.1) is 0 Å². The lowest BCUT2D eigenvalue weighted by atomic mass is 10.0. The minimum atomic E-state index is 0.404. The molecule has 0 aliphatic carbocycles. The van der Waals surface area contributed by atoms with Crippen molar-refractivity contribution in [3.63, 3.8) is 0 Å². The van der Waals surface area contributed by atoms with Crippen LogP contribution in [-0.2, 0) is 11.3 Å². The summed E-state index contributed by atoms with van der Waals surface area (Å²) < 4.78 is 5.34. The van der Waals surface area contributed by atoms with E-state index >= 15 is 0 Å². The number of nitrogens with zero attached hydrogens (tertiary/aromatic N) is 2. The summed E-state index contributed by atoms with van der Waals surface area (Å²) in [6.45, 7) is 3.95. The van der Waals surface area contributed by atoms with Crippen LogP contribution < -0.4 is 16.6 Å². The highest BCUT2D eigenvalue weighted by Crippen LogP contribution is 2.23. The van der Waals surface area contributed by atoms with Crippen LogP contribution in [0.1, 0.15) is 25.6 Å². The molecule has 6 nitrogen and oxygen atoms in total. The zero-order valence-corrected chi connectivity index (χ0v) is 12.7. The Labute approximate surface area is 124 Å². The van der Waals surface area contributed by atoms with Crippen molar-refractivity contribution in [1.82, 2.24) is 9.97 Å². The SMILES string of the molecule is CCOCc1nc(NN)cc(NCC2CCSCC2)n1. The lowest BCUT2D eigenvalue weighted by Gasteiger charge is -2.22. The number of hydrazine groups is 1. The van der Waals surface area contributed by atoms with Gasteiger partial charge in [-0.05, 0) is 37.2 Å². The molecule has 2 heterocycles. The van der Waals surface area contributed by atoms with E-state index < -0.39 is 0 Å². The predicted molar refractivity (Wildman–Crippen MR) is 83.7 cm³/mol. The number of thioether (sulfide) groups is 1. The van der Waals surface area contributed by atoms with Gasteiger partial charge in [0.05, 0.1) is 0 Å².